The van der Waals surface area contributed by atoms with Crippen LogP contribution in [0.15, 0.2) is 0 Å². The molecule has 0 bridgehead atoms. The van der Waals surface area contributed by atoms with Crippen molar-refractivity contribution in [3.8, 4) is 0 Å². The second-order valence-corrected chi connectivity index (χ2v) is 2.39. The van der Waals surface area contributed by atoms with Crippen LogP contribution in [0.5, 0.6) is 0 Å². The minimum Gasteiger partial charge on any atom is -0.381 e. The van der Waals surface area contributed by atoms with E-state index in [0.29, 0.717) is 5.06 Å². The van der Waals surface area contributed by atoms with Gasteiger partial charge in [0.2, 0.25) is 0 Å². The lowest BCUT2D eigenvalue weighted by atomic mass is 10.2. The fraction of sp³-hybridized carbons (Fsp3) is 0.600. The van der Waals surface area contributed by atoms with Gasteiger partial charge in [-0.3, -0.25) is 10.0 Å². The third kappa shape index (κ3) is 0.640. The second kappa shape index (κ2) is 1.65. The van der Waals surface area contributed by atoms with E-state index >= 15 is 0 Å². The number of nitrogens with zero attached hydrogens (tertiary/aromatic N) is 1. The molecular formula is C5H5NO5. The molecule has 2 fully saturated rings. The topological polar surface area (TPSA) is 76.1 Å². The molecule has 2 aliphatic heterocycles. The molecule has 60 valence electrons. The Kier molecular flexibility index (Phi) is 0.960. The van der Waals surface area contributed by atoms with Gasteiger partial charge in [0.1, 0.15) is 0 Å². The summed E-state index contributed by atoms with van der Waals surface area (Å²) in [4.78, 5) is 21.1. The summed E-state index contributed by atoms with van der Waals surface area (Å²) in [7, 11) is 0. The van der Waals surface area contributed by atoms with E-state index in [4.69, 9.17) is 5.21 Å². The molecule has 0 aromatic carbocycles. The standard InChI is InChI=1S/C5H5NO5/c7-3-5(1-2-6(3)9)10-4(8)11-5/h9H,1-2H2. The molecule has 0 saturated carbocycles. The number of hydroxylamine groups is 2. The van der Waals surface area contributed by atoms with Gasteiger partial charge in [-0.15, -0.1) is 0 Å². The lowest BCUT2D eigenvalue weighted by molar-refractivity contribution is -0.258. The van der Waals surface area contributed by atoms with Crippen LogP contribution >= 0.6 is 0 Å². The first-order valence-corrected chi connectivity index (χ1v) is 3.07. The number of rotatable bonds is 0. The fourth-order valence-corrected chi connectivity index (χ4v) is 1.12. The summed E-state index contributed by atoms with van der Waals surface area (Å²) in [6, 6.07) is 0. The van der Waals surface area contributed by atoms with Gasteiger partial charge in [-0.1, -0.05) is 0 Å². The Bertz CT molecular complexity index is 229. The maximum absolute atomic E-state index is 10.9. The molecule has 0 aliphatic carbocycles. The molecule has 1 N–H and O–H groups in total. The van der Waals surface area contributed by atoms with Crippen molar-refractivity contribution in [2.75, 3.05) is 6.54 Å². The van der Waals surface area contributed by atoms with Crippen molar-refractivity contribution >= 4 is 12.1 Å². The van der Waals surface area contributed by atoms with Gasteiger partial charge in [-0.2, -0.15) is 0 Å². The van der Waals surface area contributed by atoms with Crippen LogP contribution in [0.3, 0.4) is 0 Å². The second-order valence-electron chi connectivity index (χ2n) is 2.39. The summed E-state index contributed by atoms with van der Waals surface area (Å²) >= 11 is 0. The minimum atomic E-state index is -1.49. The van der Waals surface area contributed by atoms with E-state index in [1.54, 1.807) is 0 Å². The van der Waals surface area contributed by atoms with Gasteiger partial charge in [0.05, 0.1) is 13.0 Å². The van der Waals surface area contributed by atoms with E-state index in [1.165, 1.54) is 0 Å². The Labute approximate surface area is 61.2 Å². The van der Waals surface area contributed by atoms with Gasteiger partial charge in [-0.25, -0.2) is 9.86 Å². The zero-order valence-electron chi connectivity index (χ0n) is 5.44. The summed E-state index contributed by atoms with van der Waals surface area (Å²) in [6.07, 6.45) is -0.678. The number of hydrogen-bond donors (Lipinski definition) is 1. The first kappa shape index (κ1) is 6.41. The predicted octanol–water partition coefficient (Wildman–Crippen LogP) is -0.529. The van der Waals surface area contributed by atoms with E-state index in [1.807, 2.05) is 0 Å². The van der Waals surface area contributed by atoms with Crippen LogP contribution in [0.2, 0.25) is 0 Å². The molecule has 0 atom stereocenters. The predicted molar refractivity (Wildman–Crippen MR) is 28.4 cm³/mol. The molecule has 2 rings (SSSR count). The Hall–Kier alpha value is -1.30. The highest BCUT2D eigenvalue weighted by Gasteiger charge is 2.61. The molecule has 2 aliphatic rings. The van der Waals surface area contributed by atoms with Gasteiger partial charge in [0.25, 0.3) is 0 Å². The van der Waals surface area contributed by atoms with Crippen LogP contribution in [0.4, 0.5) is 4.79 Å². The quantitative estimate of drug-likeness (QED) is 0.380. The maximum Gasteiger partial charge on any atom is 0.515 e. The SMILES string of the molecule is O=C1OC2(CCN(O)C2=O)O1. The van der Waals surface area contributed by atoms with E-state index in [9.17, 15) is 9.59 Å². The van der Waals surface area contributed by atoms with Crippen LogP contribution in [-0.2, 0) is 14.3 Å². The molecule has 2 saturated heterocycles. The average Bonchev–Trinajstić information content (AvgIpc) is 2.16. The molecule has 0 radical (unpaired) electrons. The monoisotopic (exact) mass is 159 g/mol. The van der Waals surface area contributed by atoms with Crippen LogP contribution in [-0.4, -0.2) is 34.7 Å². The first-order chi connectivity index (χ1) is 5.14. The number of ether oxygens (including phenoxy) is 2. The Morgan fingerprint density at radius 2 is 2.09 bits per heavy atom. The van der Waals surface area contributed by atoms with Crippen molar-refractivity contribution in [1.82, 2.24) is 5.06 Å². The van der Waals surface area contributed by atoms with E-state index in [2.05, 4.69) is 9.47 Å². The third-order valence-electron chi connectivity index (χ3n) is 1.71. The van der Waals surface area contributed by atoms with E-state index in [-0.39, 0.29) is 13.0 Å². The summed E-state index contributed by atoms with van der Waals surface area (Å²) < 4.78 is 8.92. The van der Waals surface area contributed by atoms with Crippen molar-refractivity contribution in [2.45, 2.75) is 12.2 Å². The lowest BCUT2D eigenvalue weighted by Gasteiger charge is -2.33. The Morgan fingerprint density at radius 3 is 2.45 bits per heavy atom. The summed E-state index contributed by atoms with van der Waals surface area (Å²) in [5.41, 5.74) is 0. The normalized spacial score (nSPS) is 26.5. The van der Waals surface area contributed by atoms with Crippen LogP contribution in [0.1, 0.15) is 6.42 Å². The molecule has 11 heavy (non-hydrogen) atoms. The minimum absolute atomic E-state index is 0.131. The molecule has 0 aromatic rings. The summed E-state index contributed by atoms with van der Waals surface area (Å²) in [6.45, 7) is 0.131. The van der Waals surface area contributed by atoms with Crippen LogP contribution in [0.25, 0.3) is 0 Å². The molecule has 6 heteroatoms. The summed E-state index contributed by atoms with van der Waals surface area (Å²) in [5.74, 6) is -2.21. The molecular weight excluding hydrogens is 154 g/mol. The number of carbonyl (C=O) groups is 2. The van der Waals surface area contributed by atoms with Crippen molar-refractivity contribution in [3.63, 3.8) is 0 Å². The van der Waals surface area contributed by atoms with E-state index < -0.39 is 17.8 Å². The highest BCUT2D eigenvalue weighted by molar-refractivity contribution is 5.91. The van der Waals surface area contributed by atoms with Gasteiger partial charge in [-0.05, 0) is 0 Å². The van der Waals surface area contributed by atoms with Gasteiger partial charge in [0, 0.05) is 0 Å². The maximum atomic E-state index is 10.9. The zero-order valence-corrected chi connectivity index (χ0v) is 5.44. The van der Waals surface area contributed by atoms with Crippen molar-refractivity contribution in [1.29, 1.82) is 0 Å². The first-order valence-electron chi connectivity index (χ1n) is 3.07. The van der Waals surface area contributed by atoms with Crippen molar-refractivity contribution in [2.24, 2.45) is 0 Å². The van der Waals surface area contributed by atoms with E-state index in [0.717, 1.165) is 0 Å². The van der Waals surface area contributed by atoms with Crippen molar-refractivity contribution < 1.29 is 24.3 Å². The molecule has 1 amide bonds. The molecule has 1 spiro atoms. The Balaban J connectivity index is 2.17. The third-order valence-corrected chi connectivity index (χ3v) is 1.71. The number of hydrogen-bond acceptors (Lipinski definition) is 5. The average molecular weight is 159 g/mol. The molecule has 2 heterocycles. The largest absolute Gasteiger partial charge is 0.515 e. The van der Waals surface area contributed by atoms with Gasteiger partial charge < -0.3 is 9.47 Å². The molecule has 0 aromatic heterocycles. The highest BCUT2D eigenvalue weighted by atomic mass is 16.9. The van der Waals surface area contributed by atoms with Crippen LogP contribution < -0.4 is 0 Å². The molecule has 6 nitrogen and oxygen atoms in total. The smallest absolute Gasteiger partial charge is 0.381 e. The number of amides is 1. The van der Waals surface area contributed by atoms with Crippen LogP contribution in [0, 0.1) is 0 Å². The number of carbonyl (C=O) groups excluding carboxylic acids is 2. The van der Waals surface area contributed by atoms with Crippen molar-refractivity contribution in [3.05, 3.63) is 0 Å². The lowest BCUT2D eigenvalue weighted by Crippen LogP contribution is -2.55. The highest BCUT2D eigenvalue weighted by Crippen LogP contribution is 2.34. The van der Waals surface area contributed by atoms with Gasteiger partial charge in [0.15, 0.2) is 0 Å². The zero-order chi connectivity index (χ0) is 8.06. The summed E-state index contributed by atoms with van der Waals surface area (Å²) in [5, 5.41) is 9.28. The molecule has 0 unspecified atom stereocenters. The van der Waals surface area contributed by atoms with Gasteiger partial charge >= 0.3 is 17.8 Å². The fourth-order valence-electron chi connectivity index (χ4n) is 1.12. The Morgan fingerprint density at radius 1 is 1.45 bits per heavy atom.